The first-order valence-electron chi connectivity index (χ1n) is 7.88. The number of nitro benzene ring substituents is 1. The molecule has 0 saturated carbocycles. The molecular formula is C18H15N3O5. The Morgan fingerprint density at radius 1 is 1.12 bits per heavy atom. The van der Waals surface area contributed by atoms with Crippen LogP contribution in [0.2, 0.25) is 0 Å². The highest BCUT2D eigenvalue weighted by Gasteiger charge is 2.41. The number of imide groups is 1. The van der Waals surface area contributed by atoms with E-state index in [1.54, 1.807) is 6.92 Å². The fourth-order valence-corrected chi connectivity index (χ4v) is 2.87. The molecule has 0 aliphatic carbocycles. The summed E-state index contributed by atoms with van der Waals surface area (Å²) in [5.41, 5.74) is 0.0970. The Hall–Kier alpha value is -3.55. The van der Waals surface area contributed by atoms with Crippen LogP contribution in [-0.2, 0) is 4.79 Å². The van der Waals surface area contributed by atoms with Crippen LogP contribution in [0.4, 0.5) is 5.69 Å². The summed E-state index contributed by atoms with van der Waals surface area (Å²) in [5, 5.41) is 13.8. The Morgan fingerprint density at radius 2 is 1.81 bits per heavy atom. The van der Waals surface area contributed by atoms with Gasteiger partial charge in [0.2, 0.25) is 5.91 Å². The fraction of sp³-hybridized carbons (Fsp3) is 0.167. The van der Waals surface area contributed by atoms with Gasteiger partial charge in [0.15, 0.2) is 0 Å². The molecule has 1 atom stereocenters. The standard InChI is InChI=1S/C18H15N3O5/c1-11(12-6-3-2-4-7-12)19-15(22)10-20-17(23)13-8-5-9-14(21(25)26)16(13)18(20)24/h2-9,11H,10H2,1H3,(H,19,22)/t11-/m1/s1. The predicted octanol–water partition coefficient (Wildman–Crippen LogP) is 2.07. The number of carbonyl (C=O) groups is 3. The average Bonchev–Trinajstić information content (AvgIpc) is 2.87. The molecule has 1 heterocycles. The lowest BCUT2D eigenvalue weighted by Crippen LogP contribution is -2.41. The molecule has 8 nitrogen and oxygen atoms in total. The number of hydrogen-bond acceptors (Lipinski definition) is 5. The number of carbonyl (C=O) groups excluding carboxylic acids is 3. The molecule has 1 N–H and O–H groups in total. The maximum Gasteiger partial charge on any atom is 0.282 e. The second kappa shape index (κ2) is 6.75. The fourth-order valence-electron chi connectivity index (χ4n) is 2.87. The topological polar surface area (TPSA) is 110 Å². The van der Waals surface area contributed by atoms with E-state index in [0.29, 0.717) is 0 Å². The SMILES string of the molecule is C[C@@H](NC(=O)CN1C(=O)c2cccc([N+](=O)[O-])c2C1=O)c1ccccc1. The Kier molecular flexibility index (Phi) is 4.49. The van der Waals surface area contributed by atoms with Gasteiger partial charge < -0.3 is 5.32 Å². The van der Waals surface area contributed by atoms with Crippen molar-refractivity contribution < 1.29 is 19.3 Å². The van der Waals surface area contributed by atoms with E-state index in [0.717, 1.165) is 16.5 Å². The van der Waals surface area contributed by atoms with Gasteiger partial charge >= 0.3 is 0 Å². The lowest BCUT2D eigenvalue weighted by Gasteiger charge is -2.17. The van der Waals surface area contributed by atoms with Crippen LogP contribution >= 0.6 is 0 Å². The summed E-state index contributed by atoms with van der Waals surface area (Å²) in [6.07, 6.45) is 0. The molecule has 2 aromatic rings. The van der Waals surface area contributed by atoms with E-state index >= 15 is 0 Å². The third kappa shape index (κ3) is 3.04. The molecule has 26 heavy (non-hydrogen) atoms. The third-order valence-electron chi connectivity index (χ3n) is 4.15. The summed E-state index contributed by atoms with van der Waals surface area (Å²) >= 11 is 0. The van der Waals surface area contributed by atoms with E-state index < -0.39 is 34.9 Å². The number of benzene rings is 2. The maximum absolute atomic E-state index is 12.4. The quantitative estimate of drug-likeness (QED) is 0.503. The van der Waals surface area contributed by atoms with Crippen molar-refractivity contribution in [1.29, 1.82) is 0 Å². The molecule has 2 aromatic carbocycles. The zero-order valence-electron chi connectivity index (χ0n) is 13.8. The molecule has 0 aromatic heterocycles. The molecule has 1 aliphatic rings. The van der Waals surface area contributed by atoms with Crippen LogP contribution in [0.15, 0.2) is 48.5 Å². The molecule has 3 amide bonds. The number of nitrogens with one attached hydrogen (secondary N) is 1. The van der Waals surface area contributed by atoms with Crippen LogP contribution < -0.4 is 5.32 Å². The van der Waals surface area contributed by atoms with E-state index in [2.05, 4.69) is 5.32 Å². The van der Waals surface area contributed by atoms with Gasteiger partial charge in [-0.3, -0.25) is 29.4 Å². The van der Waals surface area contributed by atoms with Crippen molar-refractivity contribution in [3.63, 3.8) is 0 Å². The number of fused-ring (bicyclic) bond motifs is 1. The first-order valence-corrected chi connectivity index (χ1v) is 7.88. The molecule has 0 saturated heterocycles. The van der Waals surface area contributed by atoms with Crippen LogP contribution in [0.5, 0.6) is 0 Å². The van der Waals surface area contributed by atoms with Gasteiger partial charge in [-0.15, -0.1) is 0 Å². The Labute approximate surface area is 148 Å². The van der Waals surface area contributed by atoms with E-state index in [4.69, 9.17) is 0 Å². The van der Waals surface area contributed by atoms with Crippen LogP contribution in [-0.4, -0.2) is 34.1 Å². The molecule has 8 heteroatoms. The van der Waals surface area contributed by atoms with Gasteiger partial charge in [-0.05, 0) is 18.6 Å². The first-order chi connectivity index (χ1) is 12.4. The molecule has 1 aliphatic heterocycles. The van der Waals surface area contributed by atoms with Crippen molar-refractivity contribution in [2.45, 2.75) is 13.0 Å². The lowest BCUT2D eigenvalue weighted by molar-refractivity contribution is -0.385. The Balaban J connectivity index is 1.76. The van der Waals surface area contributed by atoms with Crippen molar-refractivity contribution in [1.82, 2.24) is 10.2 Å². The second-order valence-electron chi connectivity index (χ2n) is 5.85. The van der Waals surface area contributed by atoms with Gasteiger partial charge in [-0.25, -0.2) is 0 Å². The van der Waals surface area contributed by atoms with E-state index in [9.17, 15) is 24.5 Å². The Morgan fingerprint density at radius 3 is 2.46 bits per heavy atom. The Bertz CT molecular complexity index is 910. The summed E-state index contributed by atoms with van der Waals surface area (Å²) in [4.78, 5) is 48.2. The zero-order chi connectivity index (χ0) is 18.8. The van der Waals surface area contributed by atoms with Gasteiger partial charge in [0, 0.05) is 6.07 Å². The molecule has 0 radical (unpaired) electrons. The number of amides is 3. The van der Waals surface area contributed by atoms with Gasteiger partial charge in [-0.2, -0.15) is 0 Å². The highest BCUT2D eigenvalue weighted by Crippen LogP contribution is 2.30. The minimum absolute atomic E-state index is 0.0619. The van der Waals surface area contributed by atoms with Crippen molar-refractivity contribution in [3.8, 4) is 0 Å². The molecule has 3 rings (SSSR count). The van der Waals surface area contributed by atoms with Crippen molar-refractivity contribution in [2.75, 3.05) is 6.54 Å². The second-order valence-corrected chi connectivity index (χ2v) is 5.85. The van der Waals surface area contributed by atoms with Crippen molar-refractivity contribution in [2.24, 2.45) is 0 Å². The lowest BCUT2D eigenvalue weighted by atomic mass is 10.1. The van der Waals surface area contributed by atoms with E-state index in [1.807, 2.05) is 30.3 Å². The minimum Gasteiger partial charge on any atom is -0.348 e. The average molecular weight is 353 g/mol. The summed E-state index contributed by atoms with van der Waals surface area (Å²) in [6, 6.07) is 12.7. The van der Waals surface area contributed by atoms with Crippen LogP contribution in [0, 0.1) is 10.1 Å². The number of hydrogen-bond donors (Lipinski definition) is 1. The summed E-state index contributed by atoms with van der Waals surface area (Å²) in [7, 11) is 0. The molecule has 0 unspecified atom stereocenters. The summed E-state index contributed by atoms with van der Waals surface area (Å²) < 4.78 is 0. The maximum atomic E-state index is 12.4. The molecular weight excluding hydrogens is 338 g/mol. The monoisotopic (exact) mass is 353 g/mol. The van der Waals surface area contributed by atoms with Crippen LogP contribution in [0.3, 0.4) is 0 Å². The van der Waals surface area contributed by atoms with Crippen molar-refractivity contribution in [3.05, 3.63) is 75.3 Å². The molecule has 132 valence electrons. The van der Waals surface area contributed by atoms with Gasteiger partial charge in [-0.1, -0.05) is 36.4 Å². The van der Waals surface area contributed by atoms with Crippen LogP contribution in [0.1, 0.15) is 39.2 Å². The third-order valence-corrected chi connectivity index (χ3v) is 4.15. The minimum atomic E-state index is -0.834. The highest BCUT2D eigenvalue weighted by atomic mass is 16.6. The van der Waals surface area contributed by atoms with Crippen LogP contribution in [0.25, 0.3) is 0 Å². The molecule has 0 fully saturated rings. The highest BCUT2D eigenvalue weighted by molar-refractivity contribution is 6.24. The molecule has 0 bridgehead atoms. The predicted molar refractivity (Wildman–Crippen MR) is 91.5 cm³/mol. The van der Waals surface area contributed by atoms with E-state index in [1.165, 1.54) is 12.1 Å². The van der Waals surface area contributed by atoms with Crippen molar-refractivity contribution >= 4 is 23.4 Å². The number of nitro groups is 1. The summed E-state index contributed by atoms with van der Waals surface area (Å²) in [6.45, 7) is 1.28. The number of nitrogens with zero attached hydrogens (tertiary/aromatic N) is 2. The van der Waals surface area contributed by atoms with E-state index in [-0.39, 0.29) is 17.2 Å². The summed E-state index contributed by atoms with van der Waals surface area (Å²) in [5.74, 6) is -2.07. The first kappa shape index (κ1) is 17.3. The zero-order valence-corrected chi connectivity index (χ0v) is 13.8. The van der Waals surface area contributed by atoms with Gasteiger partial charge in [0.1, 0.15) is 12.1 Å². The van der Waals surface area contributed by atoms with Gasteiger partial charge in [0.25, 0.3) is 17.5 Å². The largest absolute Gasteiger partial charge is 0.348 e. The smallest absolute Gasteiger partial charge is 0.282 e. The normalized spacial score (nSPS) is 14.1. The number of rotatable bonds is 5. The molecule has 0 spiro atoms. The van der Waals surface area contributed by atoms with Gasteiger partial charge in [0.05, 0.1) is 16.5 Å².